The summed E-state index contributed by atoms with van der Waals surface area (Å²) in [4.78, 5) is 11.4. The molecule has 0 unspecified atom stereocenters. The van der Waals surface area contributed by atoms with Gasteiger partial charge in [-0.1, -0.05) is 17.3 Å². The maximum atomic E-state index is 11.4. The number of nitrogens with zero attached hydrogens (tertiary/aromatic N) is 1. The molecule has 6 heteroatoms. The van der Waals surface area contributed by atoms with Crippen LogP contribution in [0.4, 0.5) is 5.69 Å². The Morgan fingerprint density at radius 2 is 2.29 bits per heavy atom. The number of aryl methyl sites for hydroxylation is 1. The molecule has 0 aliphatic heterocycles. The Labute approximate surface area is 99.1 Å². The van der Waals surface area contributed by atoms with E-state index in [9.17, 15) is 4.79 Å². The number of amides is 1. The Morgan fingerprint density at radius 1 is 1.59 bits per heavy atom. The van der Waals surface area contributed by atoms with Crippen LogP contribution in [0.15, 0.2) is 23.4 Å². The molecule has 0 atom stereocenters. The summed E-state index contributed by atoms with van der Waals surface area (Å²) in [5, 5.41) is 14.1. The maximum Gasteiger partial charge on any atom is 0.250 e. The molecule has 0 aliphatic carbocycles. The highest BCUT2D eigenvalue weighted by molar-refractivity contribution is 5.99. The first kappa shape index (κ1) is 13.0. The molecule has 1 amide bonds. The minimum absolute atomic E-state index is 0.00718. The number of hydrogen-bond donors (Lipinski definition) is 3. The van der Waals surface area contributed by atoms with E-state index in [1.807, 2.05) is 6.92 Å². The van der Waals surface area contributed by atoms with E-state index in [1.54, 1.807) is 18.2 Å². The number of rotatable bonds is 4. The molecule has 6 nitrogen and oxygen atoms in total. The lowest BCUT2D eigenvalue weighted by Crippen LogP contribution is -2.19. The smallest absolute Gasteiger partial charge is 0.250 e. The average molecular weight is 237 g/mol. The Balaban J connectivity index is 2.95. The van der Waals surface area contributed by atoms with E-state index in [0.29, 0.717) is 11.3 Å². The fraction of sp³-hybridized carbons (Fsp3) is 0.273. The van der Waals surface area contributed by atoms with Gasteiger partial charge in [0, 0.05) is 18.4 Å². The minimum Gasteiger partial charge on any atom is -0.409 e. The molecule has 0 spiro atoms. The molecule has 0 heterocycles. The van der Waals surface area contributed by atoms with E-state index < -0.39 is 0 Å². The minimum atomic E-state index is -0.257. The SMILES string of the molecule is COCC(=O)Nc1cc(C(N)=NO)ccc1C. The zero-order chi connectivity index (χ0) is 12.8. The van der Waals surface area contributed by atoms with Crippen LogP contribution in [0.25, 0.3) is 0 Å². The summed E-state index contributed by atoms with van der Waals surface area (Å²) in [6.45, 7) is 1.83. The monoisotopic (exact) mass is 237 g/mol. The number of ether oxygens (including phenoxy) is 1. The number of nitrogens with one attached hydrogen (secondary N) is 1. The molecular formula is C11H15N3O3. The summed E-state index contributed by atoms with van der Waals surface area (Å²) >= 11 is 0. The Kier molecular flexibility index (Phi) is 4.47. The van der Waals surface area contributed by atoms with Crippen LogP contribution < -0.4 is 11.1 Å². The van der Waals surface area contributed by atoms with E-state index in [2.05, 4.69) is 10.5 Å². The average Bonchev–Trinajstić information content (AvgIpc) is 2.31. The largest absolute Gasteiger partial charge is 0.409 e. The van der Waals surface area contributed by atoms with Crippen molar-refractivity contribution >= 4 is 17.4 Å². The Hall–Kier alpha value is -2.08. The van der Waals surface area contributed by atoms with E-state index in [1.165, 1.54) is 7.11 Å². The van der Waals surface area contributed by atoms with Crippen LogP contribution in [0.5, 0.6) is 0 Å². The van der Waals surface area contributed by atoms with Gasteiger partial charge in [-0.15, -0.1) is 0 Å². The summed E-state index contributed by atoms with van der Waals surface area (Å²) in [6, 6.07) is 5.12. The van der Waals surface area contributed by atoms with Gasteiger partial charge < -0.3 is 21.0 Å². The molecule has 0 fully saturated rings. The molecule has 0 bridgehead atoms. The van der Waals surface area contributed by atoms with Crippen LogP contribution in [-0.2, 0) is 9.53 Å². The molecule has 0 aliphatic rings. The Morgan fingerprint density at radius 3 is 2.88 bits per heavy atom. The van der Waals surface area contributed by atoms with Crippen LogP contribution in [-0.4, -0.2) is 30.7 Å². The van der Waals surface area contributed by atoms with Gasteiger partial charge >= 0.3 is 0 Å². The van der Waals surface area contributed by atoms with E-state index in [4.69, 9.17) is 15.7 Å². The predicted molar refractivity (Wildman–Crippen MR) is 64.2 cm³/mol. The topological polar surface area (TPSA) is 96.9 Å². The number of nitrogens with two attached hydrogens (primary N) is 1. The number of anilines is 1. The van der Waals surface area contributed by atoms with Crippen LogP contribution >= 0.6 is 0 Å². The molecule has 0 radical (unpaired) electrons. The molecule has 0 saturated heterocycles. The van der Waals surface area contributed by atoms with Crippen molar-refractivity contribution in [3.05, 3.63) is 29.3 Å². The van der Waals surface area contributed by atoms with Crippen LogP contribution in [0, 0.1) is 6.92 Å². The molecule has 1 rings (SSSR count). The van der Waals surface area contributed by atoms with Gasteiger partial charge in [-0.25, -0.2) is 0 Å². The first-order chi connectivity index (χ1) is 8.08. The van der Waals surface area contributed by atoms with Gasteiger partial charge in [0.05, 0.1) is 0 Å². The predicted octanol–water partition coefficient (Wildman–Crippen LogP) is 0.674. The second-order valence-corrected chi connectivity index (χ2v) is 3.50. The standard InChI is InChI=1S/C11H15N3O3/c1-7-3-4-8(11(12)14-16)5-9(7)13-10(15)6-17-2/h3-5,16H,6H2,1-2H3,(H2,12,14)(H,13,15). The quantitative estimate of drug-likeness (QED) is 0.310. The highest BCUT2D eigenvalue weighted by atomic mass is 16.5. The van der Waals surface area contributed by atoms with Gasteiger partial charge in [0.15, 0.2) is 5.84 Å². The van der Waals surface area contributed by atoms with Gasteiger partial charge in [-0.3, -0.25) is 4.79 Å². The number of oxime groups is 1. The fourth-order valence-electron chi connectivity index (χ4n) is 1.29. The second-order valence-electron chi connectivity index (χ2n) is 3.50. The zero-order valence-corrected chi connectivity index (χ0v) is 9.73. The van der Waals surface area contributed by atoms with Crippen LogP contribution in [0.3, 0.4) is 0 Å². The highest BCUT2D eigenvalue weighted by Crippen LogP contribution is 2.16. The number of carbonyl (C=O) groups is 1. The lowest BCUT2D eigenvalue weighted by molar-refractivity contribution is -0.119. The van der Waals surface area contributed by atoms with Crippen molar-refractivity contribution in [2.24, 2.45) is 10.9 Å². The number of hydrogen-bond acceptors (Lipinski definition) is 4. The fourth-order valence-corrected chi connectivity index (χ4v) is 1.29. The lowest BCUT2D eigenvalue weighted by Gasteiger charge is -2.09. The van der Waals surface area contributed by atoms with E-state index in [0.717, 1.165) is 5.56 Å². The number of methoxy groups -OCH3 is 1. The van der Waals surface area contributed by atoms with Gasteiger partial charge in [0.25, 0.3) is 0 Å². The third kappa shape index (κ3) is 3.46. The van der Waals surface area contributed by atoms with Crippen molar-refractivity contribution in [2.75, 3.05) is 19.0 Å². The summed E-state index contributed by atoms with van der Waals surface area (Å²) in [6.07, 6.45) is 0. The molecular weight excluding hydrogens is 222 g/mol. The van der Waals surface area contributed by atoms with Crippen molar-refractivity contribution in [1.82, 2.24) is 0 Å². The van der Waals surface area contributed by atoms with E-state index in [-0.39, 0.29) is 18.3 Å². The summed E-state index contributed by atoms with van der Waals surface area (Å²) in [7, 11) is 1.44. The van der Waals surface area contributed by atoms with Gasteiger partial charge in [-0.2, -0.15) is 0 Å². The summed E-state index contributed by atoms with van der Waals surface area (Å²) < 4.78 is 4.71. The Bertz CT molecular complexity index is 444. The molecule has 17 heavy (non-hydrogen) atoms. The first-order valence-electron chi connectivity index (χ1n) is 4.95. The highest BCUT2D eigenvalue weighted by Gasteiger charge is 2.07. The summed E-state index contributed by atoms with van der Waals surface area (Å²) in [5.41, 5.74) is 7.48. The molecule has 0 aromatic heterocycles. The van der Waals surface area contributed by atoms with Crippen LogP contribution in [0.1, 0.15) is 11.1 Å². The van der Waals surface area contributed by atoms with E-state index >= 15 is 0 Å². The van der Waals surface area contributed by atoms with Crippen LogP contribution in [0.2, 0.25) is 0 Å². The number of benzene rings is 1. The van der Waals surface area contributed by atoms with Gasteiger partial charge in [0.2, 0.25) is 5.91 Å². The molecule has 0 saturated carbocycles. The maximum absolute atomic E-state index is 11.4. The van der Waals surface area contributed by atoms with Crippen molar-refractivity contribution in [2.45, 2.75) is 6.92 Å². The lowest BCUT2D eigenvalue weighted by atomic mass is 10.1. The van der Waals surface area contributed by atoms with Crippen molar-refractivity contribution < 1.29 is 14.7 Å². The first-order valence-corrected chi connectivity index (χ1v) is 4.95. The van der Waals surface area contributed by atoms with Gasteiger partial charge in [-0.05, 0) is 18.6 Å². The molecule has 92 valence electrons. The molecule has 1 aromatic rings. The van der Waals surface area contributed by atoms with Gasteiger partial charge in [0.1, 0.15) is 6.61 Å². The second kappa shape index (κ2) is 5.86. The zero-order valence-electron chi connectivity index (χ0n) is 9.73. The van der Waals surface area contributed by atoms with Crippen molar-refractivity contribution in [1.29, 1.82) is 0 Å². The summed E-state index contributed by atoms with van der Waals surface area (Å²) in [5.74, 6) is -0.264. The van der Waals surface area contributed by atoms with Crippen molar-refractivity contribution in [3.63, 3.8) is 0 Å². The number of carbonyl (C=O) groups excluding carboxylic acids is 1. The molecule has 4 N–H and O–H groups in total. The molecule has 1 aromatic carbocycles. The van der Waals surface area contributed by atoms with Crippen molar-refractivity contribution in [3.8, 4) is 0 Å². The number of amidine groups is 1. The third-order valence-corrected chi connectivity index (χ3v) is 2.19. The normalized spacial score (nSPS) is 11.3. The third-order valence-electron chi connectivity index (χ3n) is 2.19.